The molecule has 1 aromatic carbocycles. The van der Waals surface area contributed by atoms with Gasteiger partial charge in [-0.1, -0.05) is 6.07 Å². The topological polar surface area (TPSA) is 48.1 Å². The Bertz CT molecular complexity index is 473. The van der Waals surface area contributed by atoms with Crippen molar-refractivity contribution >= 4 is 27.3 Å². The zero-order valence-electron chi connectivity index (χ0n) is 9.23. The van der Waals surface area contributed by atoms with Gasteiger partial charge < -0.3 is 10.5 Å². The molecular formula is C12H13BrN2OS. The molecule has 1 aromatic heterocycles. The molecule has 0 aliphatic rings. The Morgan fingerprint density at radius 2 is 2.29 bits per heavy atom. The van der Waals surface area contributed by atoms with Gasteiger partial charge in [0.1, 0.15) is 12.4 Å². The van der Waals surface area contributed by atoms with Gasteiger partial charge in [0, 0.05) is 5.38 Å². The number of halogens is 1. The average molecular weight is 313 g/mol. The molecule has 2 rings (SSSR count). The fourth-order valence-electron chi connectivity index (χ4n) is 1.44. The third kappa shape index (κ3) is 3.52. The highest BCUT2D eigenvalue weighted by atomic mass is 79.9. The average Bonchev–Trinajstić information content (AvgIpc) is 2.81. The van der Waals surface area contributed by atoms with Crippen LogP contribution in [-0.4, -0.2) is 11.5 Å². The minimum Gasteiger partial charge on any atom is -0.486 e. The number of ether oxygens (including phenoxy) is 1. The van der Waals surface area contributed by atoms with Gasteiger partial charge in [0.2, 0.25) is 0 Å². The Kier molecular flexibility index (Phi) is 4.53. The van der Waals surface area contributed by atoms with Crippen molar-refractivity contribution in [3.63, 3.8) is 0 Å². The van der Waals surface area contributed by atoms with E-state index in [4.69, 9.17) is 10.5 Å². The molecule has 17 heavy (non-hydrogen) atoms. The predicted molar refractivity (Wildman–Crippen MR) is 73.3 cm³/mol. The third-order valence-corrected chi connectivity index (χ3v) is 3.54. The summed E-state index contributed by atoms with van der Waals surface area (Å²) >= 11 is 5.07. The van der Waals surface area contributed by atoms with Gasteiger partial charge in [-0.3, -0.25) is 0 Å². The number of nitrogens with two attached hydrogens (primary N) is 1. The SMILES string of the molecule is NCCc1ccc(OCc2cscn2)c(Br)c1. The largest absolute Gasteiger partial charge is 0.486 e. The minimum atomic E-state index is 0.498. The molecule has 0 radical (unpaired) electrons. The van der Waals surface area contributed by atoms with Crippen LogP contribution >= 0.6 is 27.3 Å². The number of aromatic nitrogens is 1. The normalized spacial score (nSPS) is 10.5. The molecule has 2 N–H and O–H groups in total. The van der Waals surface area contributed by atoms with E-state index in [0.29, 0.717) is 13.2 Å². The molecule has 1 heterocycles. The zero-order chi connectivity index (χ0) is 12.1. The molecule has 0 spiro atoms. The van der Waals surface area contributed by atoms with E-state index >= 15 is 0 Å². The summed E-state index contributed by atoms with van der Waals surface area (Å²) in [7, 11) is 0. The van der Waals surface area contributed by atoms with Gasteiger partial charge in [0.15, 0.2) is 0 Å². The Labute approximate surface area is 113 Å². The van der Waals surface area contributed by atoms with Crippen molar-refractivity contribution in [1.82, 2.24) is 4.98 Å². The first-order chi connectivity index (χ1) is 8.29. The van der Waals surface area contributed by atoms with E-state index in [0.717, 1.165) is 22.3 Å². The molecule has 0 aliphatic heterocycles. The molecule has 0 saturated carbocycles. The molecule has 0 amide bonds. The van der Waals surface area contributed by atoms with Gasteiger partial charge in [0.25, 0.3) is 0 Å². The summed E-state index contributed by atoms with van der Waals surface area (Å²) in [6.07, 6.45) is 0.880. The summed E-state index contributed by atoms with van der Waals surface area (Å²) in [5.41, 5.74) is 9.48. The van der Waals surface area contributed by atoms with Crippen LogP contribution in [-0.2, 0) is 13.0 Å². The number of thiazole rings is 1. The molecule has 0 unspecified atom stereocenters. The van der Waals surface area contributed by atoms with Gasteiger partial charge in [-0.15, -0.1) is 11.3 Å². The van der Waals surface area contributed by atoms with E-state index in [1.165, 1.54) is 5.56 Å². The molecule has 0 fully saturated rings. The number of rotatable bonds is 5. The van der Waals surface area contributed by atoms with Crippen molar-refractivity contribution in [2.45, 2.75) is 13.0 Å². The van der Waals surface area contributed by atoms with Crippen LogP contribution in [0.15, 0.2) is 33.6 Å². The lowest BCUT2D eigenvalue weighted by Gasteiger charge is -2.08. The van der Waals surface area contributed by atoms with Gasteiger partial charge in [0.05, 0.1) is 15.7 Å². The Hall–Kier alpha value is -0.910. The van der Waals surface area contributed by atoms with Gasteiger partial charge in [-0.2, -0.15) is 0 Å². The maximum absolute atomic E-state index is 5.68. The summed E-state index contributed by atoms with van der Waals surface area (Å²) in [4.78, 5) is 4.17. The van der Waals surface area contributed by atoms with Crippen LogP contribution in [0.1, 0.15) is 11.3 Å². The second-order valence-corrected chi connectivity index (χ2v) is 5.14. The van der Waals surface area contributed by atoms with Crippen LogP contribution in [0.5, 0.6) is 5.75 Å². The molecule has 90 valence electrons. The van der Waals surface area contributed by atoms with Crippen LogP contribution in [0, 0.1) is 0 Å². The minimum absolute atomic E-state index is 0.498. The number of hydrogen-bond donors (Lipinski definition) is 1. The van der Waals surface area contributed by atoms with Crippen molar-refractivity contribution in [3.8, 4) is 5.75 Å². The van der Waals surface area contributed by atoms with Gasteiger partial charge in [-0.25, -0.2) is 4.98 Å². The standard InChI is InChI=1S/C12H13BrN2OS/c13-11-5-9(3-4-14)1-2-12(11)16-6-10-7-17-8-15-10/h1-2,5,7-8H,3-4,6,14H2. The summed E-state index contributed by atoms with van der Waals surface area (Å²) in [5.74, 6) is 0.832. The number of nitrogens with zero attached hydrogens (tertiary/aromatic N) is 1. The van der Waals surface area contributed by atoms with E-state index in [2.05, 4.69) is 20.9 Å². The Balaban J connectivity index is 2.01. The molecule has 0 atom stereocenters. The Morgan fingerprint density at radius 1 is 1.41 bits per heavy atom. The second kappa shape index (κ2) is 6.14. The van der Waals surface area contributed by atoms with Gasteiger partial charge in [-0.05, 0) is 46.6 Å². The molecule has 0 aliphatic carbocycles. The molecule has 0 saturated heterocycles. The molecule has 3 nitrogen and oxygen atoms in total. The summed E-state index contributed by atoms with van der Waals surface area (Å²) in [6, 6.07) is 6.04. The first kappa shape index (κ1) is 12.5. The first-order valence-electron chi connectivity index (χ1n) is 5.28. The summed E-state index contributed by atoms with van der Waals surface area (Å²) in [6.45, 7) is 1.16. The van der Waals surface area contributed by atoms with Crippen molar-refractivity contribution < 1.29 is 4.74 Å². The van der Waals surface area contributed by atoms with Crippen molar-refractivity contribution in [1.29, 1.82) is 0 Å². The van der Waals surface area contributed by atoms with Gasteiger partial charge >= 0.3 is 0 Å². The highest BCUT2D eigenvalue weighted by Crippen LogP contribution is 2.26. The van der Waals surface area contributed by atoms with Crippen molar-refractivity contribution in [2.24, 2.45) is 5.73 Å². The third-order valence-electron chi connectivity index (χ3n) is 2.29. The Morgan fingerprint density at radius 3 is 2.94 bits per heavy atom. The fourth-order valence-corrected chi connectivity index (χ4v) is 2.53. The van der Waals surface area contributed by atoms with E-state index < -0.39 is 0 Å². The van der Waals surface area contributed by atoms with Crippen LogP contribution in [0.3, 0.4) is 0 Å². The zero-order valence-corrected chi connectivity index (χ0v) is 11.6. The van der Waals surface area contributed by atoms with E-state index in [-0.39, 0.29) is 0 Å². The second-order valence-electron chi connectivity index (χ2n) is 3.57. The molecular weight excluding hydrogens is 300 g/mol. The lowest BCUT2D eigenvalue weighted by atomic mass is 10.1. The highest BCUT2D eigenvalue weighted by Gasteiger charge is 2.03. The lowest BCUT2D eigenvalue weighted by Crippen LogP contribution is -2.03. The van der Waals surface area contributed by atoms with E-state index in [1.807, 2.05) is 23.6 Å². The van der Waals surface area contributed by atoms with Crippen molar-refractivity contribution in [2.75, 3.05) is 6.54 Å². The van der Waals surface area contributed by atoms with E-state index in [9.17, 15) is 0 Å². The maximum atomic E-state index is 5.68. The first-order valence-corrected chi connectivity index (χ1v) is 7.01. The van der Waals surface area contributed by atoms with Crippen LogP contribution in [0.4, 0.5) is 0 Å². The lowest BCUT2D eigenvalue weighted by molar-refractivity contribution is 0.300. The molecule has 0 bridgehead atoms. The quantitative estimate of drug-likeness (QED) is 0.923. The fraction of sp³-hybridized carbons (Fsp3) is 0.250. The van der Waals surface area contributed by atoms with E-state index in [1.54, 1.807) is 16.8 Å². The van der Waals surface area contributed by atoms with Crippen molar-refractivity contribution in [3.05, 3.63) is 44.8 Å². The van der Waals surface area contributed by atoms with Crippen LogP contribution in [0.25, 0.3) is 0 Å². The smallest absolute Gasteiger partial charge is 0.134 e. The van der Waals surface area contributed by atoms with Crippen LogP contribution < -0.4 is 10.5 Å². The molecule has 5 heteroatoms. The number of benzene rings is 1. The van der Waals surface area contributed by atoms with Crippen LogP contribution in [0.2, 0.25) is 0 Å². The summed E-state index contributed by atoms with van der Waals surface area (Å²) in [5, 5.41) is 1.98. The summed E-state index contributed by atoms with van der Waals surface area (Å²) < 4.78 is 6.64. The molecule has 2 aromatic rings. The highest BCUT2D eigenvalue weighted by molar-refractivity contribution is 9.10. The predicted octanol–water partition coefficient (Wildman–Crippen LogP) is 2.99. The monoisotopic (exact) mass is 312 g/mol. The maximum Gasteiger partial charge on any atom is 0.134 e. The number of hydrogen-bond acceptors (Lipinski definition) is 4.